The fourth-order valence-electron chi connectivity index (χ4n) is 3.15. The Morgan fingerprint density at radius 1 is 1.21 bits per heavy atom. The number of hydrogen-bond donors (Lipinski definition) is 1. The lowest BCUT2D eigenvalue weighted by molar-refractivity contribution is 0.457. The van der Waals surface area contributed by atoms with Crippen molar-refractivity contribution in [3.8, 4) is 0 Å². The fourth-order valence-corrected chi connectivity index (χ4v) is 3.15. The van der Waals surface area contributed by atoms with Crippen molar-refractivity contribution in [1.82, 2.24) is 19.7 Å². The lowest BCUT2D eigenvalue weighted by atomic mass is 10.0. The average Bonchev–Trinajstić information content (AvgIpc) is 2.63. The second-order valence-corrected chi connectivity index (χ2v) is 6.60. The molecule has 5 nitrogen and oxygen atoms in total. The molecule has 1 aliphatic rings. The van der Waals surface area contributed by atoms with Crippen LogP contribution in [0.2, 0.25) is 0 Å². The largest absolute Gasteiger partial charge is 0.369 e. The van der Waals surface area contributed by atoms with Gasteiger partial charge in [-0.15, -0.1) is 0 Å². The van der Waals surface area contributed by atoms with Crippen molar-refractivity contribution in [2.24, 2.45) is 23.8 Å². The molecular weight excluding hydrogens is 238 g/mol. The van der Waals surface area contributed by atoms with E-state index in [4.69, 9.17) is 0 Å². The minimum Gasteiger partial charge on any atom is -0.369 e. The maximum absolute atomic E-state index is 4.34. The Morgan fingerprint density at radius 3 is 2.53 bits per heavy atom. The van der Waals surface area contributed by atoms with Crippen LogP contribution in [0.3, 0.4) is 0 Å². The van der Waals surface area contributed by atoms with Crippen LogP contribution >= 0.6 is 0 Å². The van der Waals surface area contributed by atoms with Gasteiger partial charge in [0.05, 0.1) is 11.6 Å². The molecule has 1 saturated carbocycles. The number of rotatable bonds is 3. The number of anilines is 1. The first-order valence-corrected chi connectivity index (χ1v) is 6.72. The van der Waals surface area contributed by atoms with Crippen molar-refractivity contribution in [2.75, 3.05) is 11.9 Å². The van der Waals surface area contributed by atoms with Crippen LogP contribution in [0, 0.1) is 16.7 Å². The van der Waals surface area contributed by atoms with Crippen molar-refractivity contribution in [2.45, 2.75) is 27.7 Å². The standard InChI is InChI=1S/C14H21N5/c1-13(2)10(14(13,3)4)7-15-11-9-6-18-19(5)12(9)17-8-16-11/h6,8,10H,7H2,1-5H3,(H,15,16,17). The molecule has 2 heterocycles. The van der Waals surface area contributed by atoms with E-state index in [1.807, 2.05) is 13.2 Å². The first kappa shape index (κ1) is 12.4. The van der Waals surface area contributed by atoms with E-state index in [-0.39, 0.29) is 0 Å². The third kappa shape index (κ3) is 1.64. The minimum atomic E-state index is 0.390. The van der Waals surface area contributed by atoms with Crippen molar-refractivity contribution in [3.63, 3.8) is 0 Å². The van der Waals surface area contributed by atoms with Gasteiger partial charge in [0.2, 0.25) is 0 Å². The van der Waals surface area contributed by atoms with E-state index in [2.05, 4.69) is 48.1 Å². The van der Waals surface area contributed by atoms with Crippen LogP contribution in [0.25, 0.3) is 11.0 Å². The Hall–Kier alpha value is -1.65. The van der Waals surface area contributed by atoms with E-state index >= 15 is 0 Å². The van der Waals surface area contributed by atoms with Crippen LogP contribution in [-0.2, 0) is 7.05 Å². The van der Waals surface area contributed by atoms with Crippen LogP contribution < -0.4 is 5.32 Å². The van der Waals surface area contributed by atoms with Gasteiger partial charge in [-0.3, -0.25) is 4.68 Å². The highest BCUT2D eigenvalue weighted by Crippen LogP contribution is 2.68. The van der Waals surface area contributed by atoms with Crippen molar-refractivity contribution < 1.29 is 0 Å². The second-order valence-electron chi connectivity index (χ2n) is 6.60. The van der Waals surface area contributed by atoms with Gasteiger partial charge in [-0.25, -0.2) is 9.97 Å². The summed E-state index contributed by atoms with van der Waals surface area (Å²) in [5.41, 5.74) is 1.65. The van der Waals surface area contributed by atoms with Gasteiger partial charge in [-0.05, 0) is 16.7 Å². The quantitative estimate of drug-likeness (QED) is 0.920. The molecule has 0 unspecified atom stereocenters. The molecule has 0 aliphatic heterocycles. The maximum Gasteiger partial charge on any atom is 0.163 e. The highest BCUT2D eigenvalue weighted by molar-refractivity contribution is 5.85. The van der Waals surface area contributed by atoms with Crippen molar-refractivity contribution in [3.05, 3.63) is 12.5 Å². The molecule has 0 spiro atoms. The summed E-state index contributed by atoms with van der Waals surface area (Å²) in [4.78, 5) is 8.59. The highest BCUT2D eigenvalue weighted by atomic mass is 15.3. The SMILES string of the molecule is Cn1ncc2c(NCC3C(C)(C)C3(C)C)ncnc21. The topological polar surface area (TPSA) is 55.6 Å². The normalized spacial score (nSPS) is 20.7. The van der Waals surface area contributed by atoms with Gasteiger partial charge < -0.3 is 5.32 Å². The maximum atomic E-state index is 4.34. The van der Waals surface area contributed by atoms with Gasteiger partial charge >= 0.3 is 0 Å². The van der Waals surface area contributed by atoms with Gasteiger partial charge in [0, 0.05) is 13.6 Å². The summed E-state index contributed by atoms with van der Waals surface area (Å²) in [5.74, 6) is 1.55. The number of nitrogens with one attached hydrogen (secondary N) is 1. The van der Waals surface area contributed by atoms with Gasteiger partial charge in [-0.1, -0.05) is 27.7 Å². The fraction of sp³-hybridized carbons (Fsp3) is 0.643. The van der Waals surface area contributed by atoms with E-state index in [9.17, 15) is 0 Å². The molecule has 5 heteroatoms. The van der Waals surface area contributed by atoms with Crippen LogP contribution in [0.1, 0.15) is 27.7 Å². The van der Waals surface area contributed by atoms with Crippen molar-refractivity contribution in [1.29, 1.82) is 0 Å². The molecular formula is C14H21N5. The van der Waals surface area contributed by atoms with Gasteiger partial charge in [0.1, 0.15) is 12.1 Å². The smallest absolute Gasteiger partial charge is 0.163 e. The lowest BCUT2D eigenvalue weighted by Gasteiger charge is -2.07. The van der Waals surface area contributed by atoms with E-state index in [0.717, 1.165) is 23.4 Å². The summed E-state index contributed by atoms with van der Waals surface area (Å²) < 4.78 is 1.77. The van der Waals surface area contributed by atoms with E-state index in [1.54, 1.807) is 11.0 Å². The first-order chi connectivity index (χ1) is 8.85. The zero-order valence-corrected chi connectivity index (χ0v) is 12.2. The molecule has 19 heavy (non-hydrogen) atoms. The number of nitrogens with zero attached hydrogens (tertiary/aromatic N) is 4. The Labute approximate surface area is 113 Å². The zero-order valence-electron chi connectivity index (χ0n) is 12.2. The molecule has 0 aromatic carbocycles. The van der Waals surface area contributed by atoms with E-state index in [1.165, 1.54) is 0 Å². The van der Waals surface area contributed by atoms with Crippen molar-refractivity contribution >= 4 is 16.9 Å². The number of hydrogen-bond acceptors (Lipinski definition) is 4. The van der Waals surface area contributed by atoms with E-state index < -0.39 is 0 Å². The summed E-state index contributed by atoms with van der Waals surface area (Å²) in [6, 6.07) is 0. The van der Waals surface area contributed by atoms with Gasteiger partial charge in [-0.2, -0.15) is 5.10 Å². The predicted molar refractivity (Wildman–Crippen MR) is 75.8 cm³/mol. The molecule has 1 N–H and O–H groups in total. The summed E-state index contributed by atoms with van der Waals surface area (Å²) in [7, 11) is 1.90. The third-order valence-corrected chi connectivity index (χ3v) is 5.32. The Morgan fingerprint density at radius 2 is 1.89 bits per heavy atom. The van der Waals surface area contributed by atoms with Crippen LogP contribution in [0.4, 0.5) is 5.82 Å². The second kappa shape index (κ2) is 3.68. The summed E-state index contributed by atoms with van der Waals surface area (Å²) in [5, 5.41) is 8.69. The zero-order chi connectivity index (χ0) is 13.8. The summed E-state index contributed by atoms with van der Waals surface area (Å²) in [6.45, 7) is 10.3. The average molecular weight is 259 g/mol. The molecule has 0 amide bonds. The van der Waals surface area contributed by atoms with Gasteiger partial charge in [0.25, 0.3) is 0 Å². The molecule has 0 atom stereocenters. The molecule has 1 aliphatic carbocycles. The number of fused-ring (bicyclic) bond motifs is 1. The monoisotopic (exact) mass is 259 g/mol. The molecule has 0 saturated heterocycles. The number of aryl methyl sites for hydroxylation is 1. The summed E-state index contributed by atoms with van der Waals surface area (Å²) >= 11 is 0. The molecule has 1 fully saturated rings. The van der Waals surface area contributed by atoms with Crippen LogP contribution in [0.5, 0.6) is 0 Å². The van der Waals surface area contributed by atoms with Crippen LogP contribution in [0.15, 0.2) is 12.5 Å². The van der Waals surface area contributed by atoms with Gasteiger partial charge in [0.15, 0.2) is 5.65 Å². The highest BCUT2D eigenvalue weighted by Gasteiger charge is 2.64. The predicted octanol–water partition coefficient (Wildman–Crippen LogP) is 2.46. The molecule has 3 rings (SSSR count). The Kier molecular flexibility index (Phi) is 2.40. The molecule has 0 radical (unpaired) electrons. The Balaban J connectivity index is 1.80. The molecule has 102 valence electrons. The molecule has 2 aromatic rings. The summed E-state index contributed by atoms with van der Waals surface area (Å²) in [6.07, 6.45) is 3.41. The molecule has 2 aromatic heterocycles. The number of aromatic nitrogens is 4. The Bertz CT molecular complexity index is 612. The van der Waals surface area contributed by atoms with E-state index in [0.29, 0.717) is 16.7 Å². The third-order valence-electron chi connectivity index (χ3n) is 5.32. The lowest BCUT2D eigenvalue weighted by Crippen LogP contribution is -2.09. The first-order valence-electron chi connectivity index (χ1n) is 6.72. The molecule has 0 bridgehead atoms. The van der Waals surface area contributed by atoms with Crippen LogP contribution in [-0.4, -0.2) is 26.3 Å². The minimum absolute atomic E-state index is 0.390.